The molecule has 2 aromatic heterocycles. The predicted octanol–water partition coefficient (Wildman–Crippen LogP) is 5.66. The topological polar surface area (TPSA) is 35.0 Å². The quantitative estimate of drug-likeness (QED) is 0.428. The Morgan fingerprint density at radius 3 is 2.80 bits per heavy atom. The summed E-state index contributed by atoms with van der Waals surface area (Å²) in [5.41, 5.74) is 3.15. The number of fused-ring (bicyclic) bond motifs is 1. The molecule has 0 fully saturated rings. The fourth-order valence-electron chi connectivity index (χ4n) is 2.67. The second-order valence-corrected chi connectivity index (χ2v) is 7.33. The minimum Gasteiger partial charge on any atom is -0.496 e. The van der Waals surface area contributed by atoms with Crippen LogP contribution in [0.2, 0.25) is 0 Å². The maximum absolute atomic E-state index is 5.44. The Morgan fingerprint density at radius 2 is 1.88 bits per heavy atom. The molecule has 0 radical (unpaired) electrons. The third-order valence-electron chi connectivity index (χ3n) is 3.87. The first-order chi connectivity index (χ1) is 12.3. The van der Waals surface area contributed by atoms with Gasteiger partial charge in [-0.15, -0.1) is 23.1 Å². The molecule has 3 nitrogen and oxygen atoms in total. The molecule has 4 aromatic rings. The van der Waals surface area contributed by atoms with Crippen LogP contribution in [0.4, 0.5) is 0 Å². The van der Waals surface area contributed by atoms with Crippen LogP contribution in [0.15, 0.2) is 71.1 Å². The lowest BCUT2D eigenvalue weighted by Crippen LogP contribution is -1.88. The van der Waals surface area contributed by atoms with Gasteiger partial charge >= 0.3 is 0 Å². The van der Waals surface area contributed by atoms with E-state index in [1.54, 1.807) is 30.2 Å². The summed E-state index contributed by atoms with van der Waals surface area (Å²) >= 11 is 3.45. The number of thiazole rings is 1. The zero-order chi connectivity index (χ0) is 17.1. The van der Waals surface area contributed by atoms with Crippen LogP contribution in [0.5, 0.6) is 5.75 Å². The van der Waals surface area contributed by atoms with Gasteiger partial charge < -0.3 is 4.74 Å². The normalized spacial score (nSPS) is 10.9. The number of nitrogens with zero attached hydrogens (tertiary/aromatic N) is 2. The van der Waals surface area contributed by atoms with Crippen LogP contribution in [0, 0.1) is 0 Å². The molecule has 0 saturated carbocycles. The smallest absolute Gasteiger partial charge is 0.129 e. The monoisotopic (exact) mass is 364 g/mol. The second kappa shape index (κ2) is 7.25. The highest BCUT2D eigenvalue weighted by Gasteiger charge is 2.10. The number of aromatic nitrogens is 2. The molecule has 0 amide bonds. The van der Waals surface area contributed by atoms with Crippen molar-refractivity contribution in [2.45, 2.75) is 10.6 Å². The first-order valence-corrected chi connectivity index (χ1v) is 9.76. The summed E-state index contributed by atoms with van der Waals surface area (Å²) in [7, 11) is 1.69. The van der Waals surface area contributed by atoms with Crippen molar-refractivity contribution in [2.24, 2.45) is 0 Å². The SMILES string of the molecule is COc1ccccc1-c1nc(CSc2ccnc3ccccc23)cs1. The number of hydrogen-bond acceptors (Lipinski definition) is 5. The first kappa shape index (κ1) is 16.1. The Kier molecular flexibility index (Phi) is 4.68. The molecule has 0 spiro atoms. The van der Waals surface area contributed by atoms with E-state index < -0.39 is 0 Å². The van der Waals surface area contributed by atoms with E-state index >= 15 is 0 Å². The summed E-state index contributed by atoms with van der Waals surface area (Å²) < 4.78 is 5.44. The maximum Gasteiger partial charge on any atom is 0.129 e. The number of ether oxygens (including phenoxy) is 1. The lowest BCUT2D eigenvalue weighted by molar-refractivity contribution is 0.416. The molecule has 0 N–H and O–H groups in total. The van der Waals surface area contributed by atoms with E-state index in [-0.39, 0.29) is 0 Å². The summed E-state index contributed by atoms with van der Waals surface area (Å²) in [6, 6.07) is 18.3. The van der Waals surface area contributed by atoms with Gasteiger partial charge in [-0.25, -0.2) is 4.98 Å². The lowest BCUT2D eigenvalue weighted by atomic mass is 10.2. The first-order valence-electron chi connectivity index (χ1n) is 7.89. The molecule has 0 saturated heterocycles. The highest BCUT2D eigenvalue weighted by Crippen LogP contribution is 2.34. The Labute approximate surface area is 154 Å². The van der Waals surface area contributed by atoms with E-state index in [9.17, 15) is 0 Å². The molecule has 124 valence electrons. The molecular weight excluding hydrogens is 348 g/mol. The fraction of sp³-hybridized carbons (Fsp3) is 0.100. The minimum atomic E-state index is 0.833. The third kappa shape index (κ3) is 3.38. The van der Waals surface area contributed by atoms with E-state index in [4.69, 9.17) is 9.72 Å². The van der Waals surface area contributed by atoms with Gasteiger partial charge in [0.2, 0.25) is 0 Å². The van der Waals surface area contributed by atoms with Gasteiger partial charge in [-0.2, -0.15) is 0 Å². The molecule has 0 aliphatic carbocycles. The van der Waals surface area contributed by atoms with Gasteiger partial charge in [-0.3, -0.25) is 4.98 Å². The van der Waals surface area contributed by atoms with Crippen molar-refractivity contribution >= 4 is 34.0 Å². The van der Waals surface area contributed by atoms with Gasteiger partial charge in [-0.1, -0.05) is 30.3 Å². The van der Waals surface area contributed by atoms with Crippen molar-refractivity contribution in [1.82, 2.24) is 9.97 Å². The molecular formula is C20H16N2OS2. The number of para-hydroxylation sites is 2. The van der Waals surface area contributed by atoms with Gasteiger partial charge in [0.1, 0.15) is 10.8 Å². The van der Waals surface area contributed by atoms with Gasteiger partial charge in [0.25, 0.3) is 0 Å². The number of benzene rings is 2. The zero-order valence-electron chi connectivity index (χ0n) is 13.7. The largest absolute Gasteiger partial charge is 0.496 e. The Balaban J connectivity index is 1.55. The molecule has 25 heavy (non-hydrogen) atoms. The molecule has 0 aliphatic rings. The summed E-state index contributed by atoms with van der Waals surface area (Å²) in [6.45, 7) is 0. The van der Waals surface area contributed by atoms with Crippen LogP contribution in [0.3, 0.4) is 0 Å². The van der Waals surface area contributed by atoms with Crippen molar-refractivity contribution < 1.29 is 4.74 Å². The number of thioether (sulfide) groups is 1. The van der Waals surface area contributed by atoms with Crippen LogP contribution in [-0.4, -0.2) is 17.1 Å². The van der Waals surface area contributed by atoms with Crippen LogP contribution >= 0.6 is 23.1 Å². The zero-order valence-corrected chi connectivity index (χ0v) is 15.3. The number of rotatable bonds is 5. The maximum atomic E-state index is 5.44. The van der Waals surface area contributed by atoms with E-state index in [2.05, 4.69) is 28.6 Å². The predicted molar refractivity (Wildman–Crippen MR) is 105 cm³/mol. The van der Waals surface area contributed by atoms with Gasteiger partial charge in [0, 0.05) is 27.6 Å². The highest BCUT2D eigenvalue weighted by molar-refractivity contribution is 7.98. The summed E-state index contributed by atoms with van der Waals surface area (Å²) in [4.78, 5) is 10.4. The minimum absolute atomic E-state index is 0.833. The highest BCUT2D eigenvalue weighted by atomic mass is 32.2. The van der Waals surface area contributed by atoms with Crippen molar-refractivity contribution in [3.63, 3.8) is 0 Å². The molecule has 4 rings (SSSR count). The number of hydrogen-bond donors (Lipinski definition) is 0. The van der Waals surface area contributed by atoms with E-state index in [0.29, 0.717) is 0 Å². The van der Waals surface area contributed by atoms with Crippen molar-refractivity contribution in [1.29, 1.82) is 0 Å². The third-order valence-corrected chi connectivity index (χ3v) is 5.91. The fourth-order valence-corrected chi connectivity index (χ4v) is 4.56. The van der Waals surface area contributed by atoms with Crippen LogP contribution < -0.4 is 4.74 Å². The molecule has 2 heterocycles. The van der Waals surface area contributed by atoms with E-state index in [1.807, 2.05) is 42.6 Å². The Hall–Kier alpha value is -2.37. The number of pyridine rings is 1. The average molecular weight is 364 g/mol. The lowest BCUT2D eigenvalue weighted by Gasteiger charge is -2.05. The molecule has 5 heteroatoms. The molecule has 0 unspecified atom stereocenters. The molecule has 0 atom stereocenters. The molecule has 0 aliphatic heterocycles. The van der Waals surface area contributed by atoms with Gasteiger partial charge in [0.05, 0.1) is 23.9 Å². The van der Waals surface area contributed by atoms with Crippen molar-refractivity contribution in [2.75, 3.05) is 7.11 Å². The Morgan fingerprint density at radius 1 is 1.04 bits per heavy atom. The van der Waals surface area contributed by atoms with E-state index in [0.717, 1.165) is 33.3 Å². The standard InChI is InChI=1S/C20H16N2OS2/c1-23-18-9-5-3-7-16(18)20-22-14(13-25-20)12-24-19-10-11-21-17-8-4-2-6-15(17)19/h2-11,13H,12H2,1H3. The van der Waals surface area contributed by atoms with Crippen molar-refractivity contribution in [3.8, 4) is 16.3 Å². The summed E-state index contributed by atoms with van der Waals surface area (Å²) in [5, 5.41) is 4.31. The molecule has 0 bridgehead atoms. The van der Waals surface area contributed by atoms with Crippen LogP contribution in [-0.2, 0) is 5.75 Å². The van der Waals surface area contributed by atoms with Crippen LogP contribution in [0.1, 0.15) is 5.69 Å². The van der Waals surface area contributed by atoms with Gasteiger partial charge in [-0.05, 0) is 24.3 Å². The van der Waals surface area contributed by atoms with Crippen LogP contribution in [0.25, 0.3) is 21.5 Å². The van der Waals surface area contributed by atoms with Crippen molar-refractivity contribution in [3.05, 3.63) is 71.9 Å². The summed E-state index contributed by atoms with van der Waals surface area (Å²) in [5.74, 6) is 1.69. The van der Waals surface area contributed by atoms with Gasteiger partial charge in [0.15, 0.2) is 0 Å². The summed E-state index contributed by atoms with van der Waals surface area (Å²) in [6.07, 6.45) is 1.87. The average Bonchev–Trinajstić information content (AvgIpc) is 3.15. The Bertz CT molecular complexity index is 1010. The van der Waals surface area contributed by atoms with E-state index in [1.165, 1.54) is 10.3 Å². The second-order valence-electron chi connectivity index (χ2n) is 5.46. The number of methoxy groups -OCH3 is 1. The molecule has 2 aromatic carbocycles.